The summed E-state index contributed by atoms with van der Waals surface area (Å²) in [6, 6.07) is 0. The highest BCUT2D eigenvalue weighted by Gasteiger charge is 2.12. The molecule has 74 valence electrons. The molecule has 5 nitrogen and oxygen atoms in total. The summed E-state index contributed by atoms with van der Waals surface area (Å²) in [4.78, 5) is 14.9. The van der Waals surface area contributed by atoms with Gasteiger partial charge in [0.25, 0.3) is 0 Å². The van der Waals surface area contributed by atoms with Crippen LogP contribution in [-0.2, 0) is 11.3 Å². The smallest absolute Gasteiger partial charge is 0.245 e. The van der Waals surface area contributed by atoms with Crippen molar-refractivity contribution in [1.29, 1.82) is 0 Å². The lowest BCUT2D eigenvalue weighted by Gasteiger charge is -2.01. The van der Waals surface area contributed by atoms with Gasteiger partial charge in [0.05, 0.1) is 6.54 Å². The van der Waals surface area contributed by atoms with Crippen molar-refractivity contribution in [2.24, 2.45) is 0 Å². The number of aromatic nitrogens is 2. The summed E-state index contributed by atoms with van der Waals surface area (Å²) in [6.07, 6.45) is 3.01. The largest absolute Gasteiger partial charge is 0.379 e. The molecule has 14 heavy (non-hydrogen) atoms. The van der Waals surface area contributed by atoms with Crippen molar-refractivity contribution in [3.63, 3.8) is 0 Å². The Morgan fingerprint density at radius 3 is 3.00 bits per heavy atom. The van der Waals surface area contributed by atoms with E-state index < -0.39 is 0 Å². The first kappa shape index (κ1) is 8.93. The van der Waals surface area contributed by atoms with Gasteiger partial charge in [-0.2, -0.15) is 4.98 Å². The van der Waals surface area contributed by atoms with Gasteiger partial charge in [0, 0.05) is 18.2 Å². The van der Waals surface area contributed by atoms with Crippen LogP contribution in [0, 0.1) is 6.92 Å². The van der Waals surface area contributed by atoms with Gasteiger partial charge in [-0.15, -0.1) is 0 Å². The fraction of sp³-hybridized carbons (Fsp3) is 0.444. The fourth-order valence-corrected chi connectivity index (χ4v) is 1.34. The van der Waals surface area contributed by atoms with Gasteiger partial charge in [-0.3, -0.25) is 4.79 Å². The molecular formula is C9H11N3O2. The second-order valence-electron chi connectivity index (χ2n) is 3.22. The Morgan fingerprint density at radius 1 is 1.57 bits per heavy atom. The highest BCUT2D eigenvalue weighted by molar-refractivity contribution is 5.92. The topological polar surface area (TPSA) is 68.0 Å². The second kappa shape index (κ2) is 3.61. The SMILES string of the molecule is Cc1noc(CNC2=CC(=O)CC2)n1. The number of aryl methyl sites for hydroxylation is 1. The van der Waals surface area contributed by atoms with Crippen molar-refractivity contribution in [3.8, 4) is 0 Å². The number of hydrogen-bond donors (Lipinski definition) is 1. The molecule has 1 N–H and O–H groups in total. The molecule has 2 rings (SSSR count). The number of ketones is 1. The first-order valence-electron chi connectivity index (χ1n) is 4.50. The predicted octanol–water partition coefficient (Wildman–Crippen LogP) is 0.714. The highest BCUT2D eigenvalue weighted by Crippen LogP contribution is 2.12. The van der Waals surface area contributed by atoms with E-state index in [0.29, 0.717) is 24.7 Å². The number of nitrogens with zero attached hydrogens (tertiary/aromatic N) is 2. The molecule has 0 spiro atoms. The summed E-state index contributed by atoms with van der Waals surface area (Å²) in [5, 5.41) is 6.75. The zero-order valence-electron chi connectivity index (χ0n) is 7.91. The zero-order chi connectivity index (χ0) is 9.97. The molecule has 0 aliphatic heterocycles. The van der Waals surface area contributed by atoms with Gasteiger partial charge in [0.1, 0.15) is 0 Å². The number of rotatable bonds is 3. The van der Waals surface area contributed by atoms with Crippen LogP contribution in [0.1, 0.15) is 24.6 Å². The molecule has 0 radical (unpaired) electrons. The van der Waals surface area contributed by atoms with Crippen molar-refractivity contribution >= 4 is 5.78 Å². The Morgan fingerprint density at radius 2 is 2.43 bits per heavy atom. The molecular weight excluding hydrogens is 182 g/mol. The van der Waals surface area contributed by atoms with E-state index in [1.807, 2.05) is 0 Å². The molecule has 0 amide bonds. The third-order valence-electron chi connectivity index (χ3n) is 2.01. The quantitative estimate of drug-likeness (QED) is 0.765. The third-order valence-corrected chi connectivity index (χ3v) is 2.01. The fourth-order valence-electron chi connectivity index (χ4n) is 1.34. The standard InChI is InChI=1S/C9H11N3O2/c1-6-11-9(14-12-6)5-10-7-2-3-8(13)4-7/h4,10H,2-3,5H2,1H3. The molecule has 1 aliphatic rings. The first-order chi connectivity index (χ1) is 6.74. The van der Waals surface area contributed by atoms with Gasteiger partial charge in [-0.1, -0.05) is 5.16 Å². The molecule has 0 bridgehead atoms. The Balaban J connectivity index is 1.89. The number of allylic oxidation sites excluding steroid dienone is 2. The van der Waals surface area contributed by atoms with E-state index in [0.717, 1.165) is 12.1 Å². The third kappa shape index (κ3) is 1.99. The van der Waals surface area contributed by atoms with Crippen LogP contribution < -0.4 is 5.32 Å². The van der Waals surface area contributed by atoms with Crippen LogP contribution in [0.5, 0.6) is 0 Å². The molecule has 1 aliphatic carbocycles. The normalized spacial score (nSPS) is 15.8. The van der Waals surface area contributed by atoms with Crippen LogP contribution in [0.15, 0.2) is 16.3 Å². The average molecular weight is 193 g/mol. The molecule has 0 saturated carbocycles. The van der Waals surface area contributed by atoms with Crippen LogP contribution in [0.4, 0.5) is 0 Å². The number of hydrogen-bond acceptors (Lipinski definition) is 5. The zero-order valence-corrected chi connectivity index (χ0v) is 7.91. The number of carbonyl (C=O) groups excluding carboxylic acids is 1. The molecule has 0 fully saturated rings. The maximum Gasteiger partial charge on any atom is 0.245 e. The van der Waals surface area contributed by atoms with Gasteiger partial charge in [-0.05, 0) is 13.3 Å². The van der Waals surface area contributed by atoms with Gasteiger partial charge < -0.3 is 9.84 Å². The molecule has 0 unspecified atom stereocenters. The van der Waals surface area contributed by atoms with E-state index in [1.54, 1.807) is 13.0 Å². The van der Waals surface area contributed by atoms with Crippen molar-refractivity contribution in [1.82, 2.24) is 15.5 Å². The molecule has 1 heterocycles. The van der Waals surface area contributed by atoms with Crippen LogP contribution >= 0.6 is 0 Å². The summed E-state index contributed by atoms with van der Waals surface area (Å²) in [6.45, 7) is 2.26. The van der Waals surface area contributed by atoms with E-state index in [2.05, 4.69) is 15.5 Å². The van der Waals surface area contributed by atoms with Crippen molar-refractivity contribution in [2.75, 3.05) is 0 Å². The monoisotopic (exact) mass is 193 g/mol. The van der Waals surface area contributed by atoms with E-state index in [4.69, 9.17) is 4.52 Å². The minimum Gasteiger partial charge on any atom is -0.379 e. The predicted molar refractivity (Wildman–Crippen MR) is 48.2 cm³/mol. The Bertz CT molecular complexity index is 381. The Labute approximate surface area is 81.2 Å². The Hall–Kier alpha value is -1.65. The second-order valence-corrected chi connectivity index (χ2v) is 3.22. The lowest BCUT2D eigenvalue weighted by atomic mass is 10.3. The van der Waals surface area contributed by atoms with E-state index in [9.17, 15) is 4.79 Å². The van der Waals surface area contributed by atoms with Gasteiger partial charge in [0.2, 0.25) is 5.89 Å². The number of carbonyl (C=O) groups is 1. The molecule has 5 heteroatoms. The summed E-state index contributed by atoms with van der Waals surface area (Å²) in [7, 11) is 0. The highest BCUT2D eigenvalue weighted by atomic mass is 16.5. The van der Waals surface area contributed by atoms with Gasteiger partial charge >= 0.3 is 0 Å². The van der Waals surface area contributed by atoms with Crippen LogP contribution in [-0.4, -0.2) is 15.9 Å². The first-order valence-corrected chi connectivity index (χ1v) is 4.50. The van der Waals surface area contributed by atoms with Crippen molar-refractivity contribution in [2.45, 2.75) is 26.3 Å². The molecule has 0 atom stereocenters. The summed E-state index contributed by atoms with van der Waals surface area (Å²) >= 11 is 0. The summed E-state index contributed by atoms with van der Waals surface area (Å²) < 4.78 is 4.92. The van der Waals surface area contributed by atoms with Crippen LogP contribution in [0.25, 0.3) is 0 Å². The minimum atomic E-state index is 0.175. The molecule has 0 saturated heterocycles. The summed E-state index contributed by atoms with van der Waals surface area (Å²) in [5.41, 5.74) is 0.950. The maximum atomic E-state index is 10.9. The molecule has 1 aromatic rings. The lowest BCUT2D eigenvalue weighted by Crippen LogP contribution is -2.11. The average Bonchev–Trinajstić information content (AvgIpc) is 2.72. The minimum absolute atomic E-state index is 0.175. The van der Waals surface area contributed by atoms with E-state index in [-0.39, 0.29) is 5.78 Å². The molecule has 1 aromatic heterocycles. The van der Waals surface area contributed by atoms with Crippen molar-refractivity contribution in [3.05, 3.63) is 23.5 Å². The van der Waals surface area contributed by atoms with Crippen molar-refractivity contribution < 1.29 is 9.32 Å². The van der Waals surface area contributed by atoms with E-state index >= 15 is 0 Å². The maximum absolute atomic E-state index is 10.9. The molecule has 0 aromatic carbocycles. The number of nitrogens with one attached hydrogen (secondary N) is 1. The van der Waals surface area contributed by atoms with Crippen LogP contribution in [0.3, 0.4) is 0 Å². The Kier molecular flexibility index (Phi) is 2.30. The van der Waals surface area contributed by atoms with Gasteiger partial charge in [-0.25, -0.2) is 0 Å². The van der Waals surface area contributed by atoms with Crippen LogP contribution in [0.2, 0.25) is 0 Å². The van der Waals surface area contributed by atoms with Gasteiger partial charge in [0.15, 0.2) is 11.6 Å². The lowest BCUT2D eigenvalue weighted by molar-refractivity contribution is -0.114. The summed E-state index contributed by atoms with van der Waals surface area (Å²) in [5.74, 6) is 1.34. The van der Waals surface area contributed by atoms with E-state index in [1.165, 1.54) is 0 Å².